The van der Waals surface area contributed by atoms with Gasteiger partial charge in [0, 0.05) is 26.2 Å². The van der Waals surface area contributed by atoms with Crippen molar-refractivity contribution in [3.05, 3.63) is 35.9 Å². The van der Waals surface area contributed by atoms with Crippen LogP contribution in [0.5, 0.6) is 0 Å². The topological polar surface area (TPSA) is 59.1 Å². The van der Waals surface area contributed by atoms with Crippen molar-refractivity contribution in [3.63, 3.8) is 0 Å². The second-order valence-corrected chi connectivity index (χ2v) is 4.88. The molecular weight excluding hydrogens is 272 g/mol. The summed E-state index contributed by atoms with van der Waals surface area (Å²) in [5.41, 5.74) is 0.968. The number of carbonyl (C=O) groups excluding carboxylic acids is 2. The molecule has 0 aliphatic carbocycles. The van der Waals surface area contributed by atoms with Gasteiger partial charge in [0.05, 0.1) is 13.7 Å². The largest absolute Gasteiger partial charge is 0.468 e. The van der Waals surface area contributed by atoms with Gasteiger partial charge < -0.3 is 14.4 Å². The van der Waals surface area contributed by atoms with E-state index in [0.29, 0.717) is 26.2 Å². The second-order valence-electron chi connectivity index (χ2n) is 4.88. The van der Waals surface area contributed by atoms with Gasteiger partial charge in [0.1, 0.15) is 6.61 Å². The highest BCUT2D eigenvalue weighted by atomic mass is 16.6. The third kappa shape index (κ3) is 4.75. The van der Waals surface area contributed by atoms with Crippen molar-refractivity contribution in [2.75, 3.05) is 39.8 Å². The number of piperazine rings is 1. The monoisotopic (exact) mass is 292 g/mol. The molecule has 1 fully saturated rings. The molecule has 21 heavy (non-hydrogen) atoms. The third-order valence-electron chi connectivity index (χ3n) is 3.42. The fraction of sp³-hybridized carbons (Fsp3) is 0.467. The molecule has 0 unspecified atom stereocenters. The van der Waals surface area contributed by atoms with Crippen LogP contribution >= 0.6 is 0 Å². The summed E-state index contributed by atoms with van der Waals surface area (Å²) in [6, 6.07) is 9.58. The number of benzene rings is 1. The highest BCUT2D eigenvalue weighted by Gasteiger charge is 2.23. The van der Waals surface area contributed by atoms with Crippen LogP contribution in [-0.2, 0) is 20.9 Å². The van der Waals surface area contributed by atoms with Crippen LogP contribution in [0, 0.1) is 0 Å². The summed E-state index contributed by atoms with van der Waals surface area (Å²) in [5.74, 6) is -0.255. The van der Waals surface area contributed by atoms with E-state index in [-0.39, 0.29) is 25.2 Å². The van der Waals surface area contributed by atoms with E-state index in [1.165, 1.54) is 7.11 Å². The molecule has 1 saturated heterocycles. The maximum Gasteiger partial charge on any atom is 0.410 e. The first-order valence-corrected chi connectivity index (χ1v) is 6.94. The van der Waals surface area contributed by atoms with Gasteiger partial charge in [0.25, 0.3) is 0 Å². The molecule has 0 aromatic heterocycles. The minimum atomic E-state index is -0.309. The van der Waals surface area contributed by atoms with E-state index < -0.39 is 0 Å². The average Bonchev–Trinajstić information content (AvgIpc) is 2.54. The van der Waals surface area contributed by atoms with Crippen LogP contribution in [0.25, 0.3) is 0 Å². The predicted octanol–water partition coefficient (Wildman–Crippen LogP) is 1.11. The summed E-state index contributed by atoms with van der Waals surface area (Å²) < 4.78 is 9.91. The number of esters is 1. The van der Waals surface area contributed by atoms with Crippen LogP contribution in [0.4, 0.5) is 4.79 Å². The maximum absolute atomic E-state index is 12.0. The lowest BCUT2D eigenvalue weighted by molar-refractivity contribution is -0.142. The van der Waals surface area contributed by atoms with Gasteiger partial charge in [-0.3, -0.25) is 9.69 Å². The standard InChI is InChI=1S/C15H20N2O4/c1-20-14(18)11-16-7-9-17(10-8-16)15(19)21-12-13-5-3-2-4-6-13/h2-6H,7-12H2,1H3. The van der Waals surface area contributed by atoms with Crippen molar-refractivity contribution in [1.82, 2.24) is 9.80 Å². The van der Waals surface area contributed by atoms with Crippen LogP contribution in [0.1, 0.15) is 5.56 Å². The molecule has 0 spiro atoms. The Morgan fingerprint density at radius 3 is 2.38 bits per heavy atom. The van der Waals surface area contributed by atoms with Gasteiger partial charge in [-0.1, -0.05) is 30.3 Å². The first-order valence-electron chi connectivity index (χ1n) is 6.94. The van der Waals surface area contributed by atoms with E-state index in [1.807, 2.05) is 35.2 Å². The van der Waals surface area contributed by atoms with E-state index in [0.717, 1.165) is 5.56 Å². The molecule has 0 saturated carbocycles. The zero-order chi connectivity index (χ0) is 15.1. The number of hydrogen-bond donors (Lipinski definition) is 0. The summed E-state index contributed by atoms with van der Waals surface area (Å²) in [7, 11) is 1.37. The molecule has 6 nitrogen and oxygen atoms in total. The predicted molar refractivity (Wildman–Crippen MR) is 76.7 cm³/mol. The quantitative estimate of drug-likeness (QED) is 0.778. The third-order valence-corrected chi connectivity index (χ3v) is 3.42. The fourth-order valence-corrected chi connectivity index (χ4v) is 2.15. The Morgan fingerprint density at radius 2 is 1.76 bits per heavy atom. The Kier molecular flexibility index (Phi) is 5.57. The van der Waals surface area contributed by atoms with E-state index in [4.69, 9.17) is 4.74 Å². The second kappa shape index (κ2) is 7.64. The zero-order valence-electron chi connectivity index (χ0n) is 12.2. The van der Waals surface area contributed by atoms with Gasteiger partial charge >= 0.3 is 12.1 Å². The Balaban J connectivity index is 1.72. The number of carbonyl (C=O) groups is 2. The molecular formula is C15H20N2O4. The molecule has 6 heteroatoms. The Labute approximate surface area is 124 Å². The van der Waals surface area contributed by atoms with Crippen LogP contribution in [0.2, 0.25) is 0 Å². The first kappa shape index (κ1) is 15.3. The normalized spacial score (nSPS) is 15.6. The molecule has 0 atom stereocenters. The number of ether oxygens (including phenoxy) is 2. The molecule has 0 bridgehead atoms. The van der Waals surface area contributed by atoms with Gasteiger partial charge in [-0.25, -0.2) is 4.79 Å². The molecule has 1 aromatic rings. The zero-order valence-corrected chi connectivity index (χ0v) is 12.2. The number of rotatable bonds is 4. The van der Waals surface area contributed by atoms with E-state index >= 15 is 0 Å². The Hall–Kier alpha value is -2.08. The number of amides is 1. The van der Waals surface area contributed by atoms with Crippen molar-refractivity contribution in [3.8, 4) is 0 Å². The lowest BCUT2D eigenvalue weighted by Crippen LogP contribution is -2.50. The molecule has 1 heterocycles. The SMILES string of the molecule is COC(=O)CN1CCN(C(=O)OCc2ccccc2)CC1. The van der Waals surface area contributed by atoms with E-state index in [2.05, 4.69) is 4.74 Å². The Bertz CT molecular complexity index is 470. The van der Waals surface area contributed by atoms with Crippen molar-refractivity contribution >= 4 is 12.1 Å². The fourth-order valence-electron chi connectivity index (χ4n) is 2.15. The molecule has 0 N–H and O–H groups in total. The molecule has 1 aromatic carbocycles. The van der Waals surface area contributed by atoms with Crippen LogP contribution in [-0.4, -0.2) is 61.7 Å². The van der Waals surface area contributed by atoms with Crippen LogP contribution < -0.4 is 0 Å². The van der Waals surface area contributed by atoms with Crippen molar-refractivity contribution in [2.24, 2.45) is 0 Å². The highest BCUT2D eigenvalue weighted by Crippen LogP contribution is 2.07. The van der Waals surface area contributed by atoms with Crippen molar-refractivity contribution in [1.29, 1.82) is 0 Å². The molecule has 1 aliphatic heterocycles. The lowest BCUT2D eigenvalue weighted by atomic mass is 10.2. The lowest BCUT2D eigenvalue weighted by Gasteiger charge is -2.33. The summed E-state index contributed by atoms with van der Waals surface area (Å²) in [4.78, 5) is 26.8. The minimum absolute atomic E-state index is 0.255. The number of hydrogen-bond acceptors (Lipinski definition) is 5. The van der Waals surface area contributed by atoms with Crippen molar-refractivity contribution < 1.29 is 19.1 Å². The van der Waals surface area contributed by atoms with Crippen molar-refractivity contribution in [2.45, 2.75) is 6.61 Å². The summed E-state index contributed by atoms with van der Waals surface area (Å²) >= 11 is 0. The summed E-state index contributed by atoms with van der Waals surface area (Å²) in [5, 5.41) is 0. The van der Waals surface area contributed by atoms with Gasteiger partial charge in [0.2, 0.25) is 0 Å². The van der Waals surface area contributed by atoms with Crippen LogP contribution in [0.15, 0.2) is 30.3 Å². The number of nitrogens with zero attached hydrogens (tertiary/aromatic N) is 2. The molecule has 2 rings (SSSR count). The van der Waals surface area contributed by atoms with E-state index in [1.54, 1.807) is 4.90 Å². The first-order chi connectivity index (χ1) is 10.2. The average molecular weight is 292 g/mol. The molecule has 1 amide bonds. The van der Waals surface area contributed by atoms with E-state index in [9.17, 15) is 9.59 Å². The maximum atomic E-state index is 12.0. The summed E-state index contributed by atoms with van der Waals surface area (Å²) in [6.45, 7) is 2.96. The number of methoxy groups -OCH3 is 1. The smallest absolute Gasteiger partial charge is 0.410 e. The van der Waals surface area contributed by atoms with Gasteiger partial charge in [0.15, 0.2) is 0 Å². The van der Waals surface area contributed by atoms with Crippen LogP contribution in [0.3, 0.4) is 0 Å². The van der Waals surface area contributed by atoms with Gasteiger partial charge in [-0.15, -0.1) is 0 Å². The molecule has 1 aliphatic rings. The van der Waals surface area contributed by atoms with Gasteiger partial charge in [-0.2, -0.15) is 0 Å². The Morgan fingerprint density at radius 1 is 1.10 bits per heavy atom. The molecule has 114 valence electrons. The summed E-state index contributed by atoms with van der Waals surface area (Å²) in [6.07, 6.45) is -0.309. The van der Waals surface area contributed by atoms with Gasteiger partial charge in [-0.05, 0) is 5.56 Å². The highest BCUT2D eigenvalue weighted by molar-refractivity contribution is 5.71. The minimum Gasteiger partial charge on any atom is -0.468 e. The molecule has 0 radical (unpaired) electrons.